The molecule has 0 aliphatic rings. The zero-order valence-corrected chi connectivity index (χ0v) is 8.76. The normalized spacial score (nSPS) is 10.6. The molecule has 0 amide bonds. The van der Waals surface area contributed by atoms with Crippen molar-refractivity contribution in [2.75, 3.05) is 19.8 Å². The van der Waals surface area contributed by atoms with Crippen molar-refractivity contribution in [1.29, 1.82) is 0 Å². The highest BCUT2D eigenvalue weighted by molar-refractivity contribution is 5.15. The summed E-state index contributed by atoms with van der Waals surface area (Å²) in [6.45, 7) is 0.854. The van der Waals surface area contributed by atoms with Gasteiger partial charge in [0, 0.05) is 37.2 Å². The molecule has 1 aromatic rings. The number of nitrogens with zero attached hydrogens (tertiary/aromatic N) is 1. The summed E-state index contributed by atoms with van der Waals surface area (Å²) in [6, 6.07) is 1.97. The molecule has 1 heterocycles. The molecule has 0 bridgehead atoms. The van der Waals surface area contributed by atoms with Gasteiger partial charge in [0.1, 0.15) is 6.61 Å². The zero-order valence-electron chi connectivity index (χ0n) is 8.76. The van der Waals surface area contributed by atoms with E-state index in [1.165, 1.54) is 0 Å². The molecule has 4 heteroatoms. The van der Waals surface area contributed by atoms with E-state index in [1.807, 2.05) is 23.0 Å². The van der Waals surface area contributed by atoms with Crippen molar-refractivity contribution < 1.29 is 19.9 Å². The van der Waals surface area contributed by atoms with Crippen molar-refractivity contribution in [1.82, 2.24) is 0 Å². The van der Waals surface area contributed by atoms with Gasteiger partial charge in [-0.05, 0) is 6.07 Å². The van der Waals surface area contributed by atoms with Gasteiger partial charge in [0.15, 0.2) is 18.9 Å². The van der Waals surface area contributed by atoms with Crippen molar-refractivity contribution in [3.05, 3.63) is 29.6 Å². The maximum absolute atomic E-state index is 8.85. The molecule has 15 heavy (non-hydrogen) atoms. The van der Waals surface area contributed by atoms with E-state index in [0.29, 0.717) is 19.4 Å². The predicted octanol–water partition coefficient (Wildman–Crippen LogP) is -0.964. The smallest absolute Gasteiger partial charge is 0.172 e. The average molecular weight is 212 g/mol. The number of rotatable bonds is 6. The van der Waals surface area contributed by atoms with E-state index < -0.39 is 0 Å². The Morgan fingerprint density at radius 2 is 1.40 bits per heavy atom. The summed E-state index contributed by atoms with van der Waals surface area (Å²) in [5.74, 6) is 0. The summed E-state index contributed by atoms with van der Waals surface area (Å²) >= 11 is 0. The Kier molecular flexibility index (Phi) is 5.25. The third kappa shape index (κ3) is 3.95. The van der Waals surface area contributed by atoms with Crippen LogP contribution in [-0.2, 0) is 19.4 Å². The molecule has 0 aromatic carbocycles. The molecule has 0 saturated heterocycles. The monoisotopic (exact) mass is 212 g/mol. The van der Waals surface area contributed by atoms with Crippen LogP contribution in [0.3, 0.4) is 0 Å². The second kappa shape index (κ2) is 6.50. The van der Waals surface area contributed by atoms with Crippen LogP contribution in [0, 0.1) is 0 Å². The van der Waals surface area contributed by atoms with Gasteiger partial charge < -0.3 is 15.3 Å². The maximum atomic E-state index is 8.85. The molecule has 0 aliphatic carbocycles. The first-order valence-electron chi connectivity index (χ1n) is 5.14. The molecule has 0 spiro atoms. The highest BCUT2D eigenvalue weighted by Crippen LogP contribution is 2.03. The van der Waals surface area contributed by atoms with E-state index in [2.05, 4.69) is 0 Å². The van der Waals surface area contributed by atoms with Gasteiger partial charge in [0.05, 0.1) is 0 Å². The van der Waals surface area contributed by atoms with Crippen LogP contribution in [0.25, 0.3) is 0 Å². The van der Waals surface area contributed by atoms with Crippen LogP contribution in [0.5, 0.6) is 0 Å². The minimum absolute atomic E-state index is 0.0891. The minimum atomic E-state index is 0.0891. The fourth-order valence-electron chi connectivity index (χ4n) is 1.55. The average Bonchev–Trinajstić information content (AvgIpc) is 2.19. The Morgan fingerprint density at radius 3 is 1.80 bits per heavy atom. The highest BCUT2D eigenvalue weighted by atomic mass is 16.3. The summed E-state index contributed by atoms with van der Waals surface area (Å²) in [5.41, 5.74) is 2.05. The molecular weight excluding hydrogens is 194 g/mol. The molecule has 84 valence electrons. The van der Waals surface area contributed by atoms with Crippen LogP contribution in [0.2, 0.25) is 0 Å². The first-order valence-corrected chi connectivity index (χ1v) is 5.14. The Bertz CT molecular complexity index is 242. The Hall–Kier alpha value is -0.970. The van der Waals surface area contributed by atoms with Crippen LogP contribution >= 0.6 is 0 Å². The van der Waals surface area contributed by atoms with E-state index in [9.17, 15) is 0 Å². The Balaban J connectivity index is 2.86. The first kappa shape index (κ1) is 12.1. The summed E-state index contributed by atoms with van der Waals surface area (Å²) in [5, 5.41) is 26.5. The van der Waals surface area contributed by atoms with Crippen LogP contribution in [0.4, 0.5) is 0 Å². The molecule has 1 rings (SSSR count). The van der Waals surface area contributed by atoms with Crippen LogP contribution in [-0.4, -0.2) is 35.1 Å². The number of hydrogen-bond acceptors (Lipinski definition) is 3. The summed E-state index contributed by atoms with van der Waals surface area (Å²) in [7, 11) is 0. The molecule has 0 saturated carbocycles. The summed E-state index contributed by atoms with van der Waals surface area (Å²) in [6.07, 6.45) is 5.02. The molecule has 4 nitrogen and oxygen atoms in total. The third-order valence-corrected chi connectivity index (χ3v) is 2.19. The first-order chi connectivity index (χ1) is 7.30. The topological polar surface area (TPSA) is 64.6 Å². The Morgan fingerprint density at radius 1 is 0.867 bits per heavy atom. The lowest BCUT2D eigenvalue weighted by molar-refractivity contribution is -0.698. The van der Waals surface area contributed by atoms with E-state index in [4.69, 9.17) is 15.3 Å². The molecular formula is C11H18NO3+. The van der Waals surface area contributed by atoms with E-state index >= 15 is 0 Å². The second-order valence-corrected chi connectivity index (χ2v) is 3.46. The number of hydrogen-bond donors (Lipinski definition) is 3. The van der Waals surface area contributed by atoms with Gasteiger partial charge in [-0.15, -0.1) is 0 Å². The fraction of sp³-hybridized carbons (Fsp3) is 0.545. The van der Waals surface area contributed by atoms with Gasteiger partial charge in [0.2, 0.25) is 0 Å². The van der Waals surface area contributed by atoms with Crippen molar-refractivity contribution in [3.8, 4) is 0 Å². The third-order valence-electron chi connectivity index (χ3n) is 2.19. The molecule has 0 aliphatic heterocycles. The van der Waals surface area contributed by atoms with Gasteiger partial charge in [-0.2, -0.15) is 0 Å². The van der Waals surface area contributed by atoms with Crippen LogP contribution < -0.4 is 4.57 Å². The minimum Gasteiger partial charge on any atom is -0.396 e. The number of aromatic nitrogens is 1. The fourth-order valence-corrected chi connectivity index (χ4v) is 1.55. The highest BCUT2D eigenvalue weighted by Gasteiger charge is 2.06. The number of pyridine rings is 1. The van der Waals surface area contributed by atoms with Crippen molar-refractivity contribution in [3.63, 3.8) is 0 Å². The standard InChI is InChI=1S/C11H18NO3/c13-4-1-10-7-11(2-5-14)9-12(8-10)3-6-15/h7-9,13-15H,1-6H2/q+1. The van der Waals surface area contributed by atoms with E-state index in [1.54, 1.807) is 0 Å². The second-order valence-electron chi connectivity index (χ2n) is 3.46. The number of aliphatic hydroxyl groups excluding tert-OH is 3. The molecule has 0 atom stereocenters. The van der Waals surface area contributed by atoms with Crippen molar-refractivity contribution in [2.24, 2.45) is 0 Å². The molecule has 3 N–H and O–H groups in total. The predicted molar refractivity (Wildman–Crippen MR) is 55.3 cm³/mol. The van der Waals surface area contributed by atoms with Gasteiger partial charge >= 0.3 is 0 Å². The van der Waals surface area contributed by atoms with Crippen molar-refractivity contribution >= 4 is 0 Å². The maximum Gasteiger partial charge on any atom is 0.172 e. The summed E-state index contributed by atoms with van der Waals surface area (Å²) in [4.78, 5) is 0. The number of aliphatic hydroxyl groups is 3. The van der Waals surface area contributed by atoms with Gasteiger partial charge in [0.25, 0.3) is 0 Å². The van der Waals surface area contributed by atoms with Gasteiger partial charge in [-0.25, -0.2) is 4.57 Å². The lowest BCUT2D eigenvalue weighted by Crippen LogP contribution is -2.36. The zero-order chi connectivity index (χ0) is 11.1. The SMILES string of the molecule is OCCc1cc(CCO)c[n+](CCO)c1. The lowest BCUT2D eigenvalue weighted by Gasteiger charge is -2.02. The van der Waals surface area contributed by atoms with Crippen LogP contribution in [0.15, 0.2) is 18.5 Å². The van der Waals surface area contributed by atoms with Crippen molar-refractivity contribution in [2.45, 2.75) is 19.4 Å². The molecule has 0 radical (unpaired) electrons. The summed E-state index contributed by atoms with van der Waals surface area (Å²) < 4.78 is 1.88. The van der Waals surface area contributed by atoms with Crippen LogP contribution in [0.1, 0.15) is 11.1 Å². The van der Waals surface area contributed by atoms with E-state index in [-0.39, 0.29) is 19.8 Å². The van der Waals surface area contributed by atoms with E-state index in [0.717, 1.165) is 11.1 Å². The Labute approximate surface area is 89.4 Å². The quantitative estimate of drug-likeness (QED) is 0.532. The molecule has 1 aromatic heterocycles. The van der Waals surface area contributed by atoms with Gasteiger partial charge in [-0.1, -0.05) is 0 Å². The van der Waals surface area contributed by atoms with Gasteiger partial charge in [-0.3, -0.25) is 0 Å². The molecule has 0 unspecified atom stereocenters. The lowest BCUT2D eigenvalue weighted by atomic mass is 10.1. The largest absolute Gasteiger partial charge is 0.396 e. The molecule has 0 fully saturated rings.